The Kier molecular flexibility index (Phi) is 4.26. The van der Waals surface area contributed by atoms with Crippen molar-refractivity contribution in [1.29, 1.82) is 0 Å². The maximum Gasteiger partial charge on any atom is 0.321 e. The van der Waals surface area contributed by atoms with E-state index in [0.29, 0.717) is 27.7 Å². The monoisotopic (exact) mass is 395 g/mol. The van der Waals surface area contributed by atoms with Gasteiger partial charge < -0.3 is 10.2 Å². The molecule has 0 unspecified atom stereocenters. The zero-order valence-electron chi connectivity index (χ0n) is 15.6. The summed E-state index contributed by atoms with van der Waals surface area (Å²) in [6.07, 6.45) is -0.367. The average molecular weight is 395 g/mol. The molecule has 0 saturated heterocycles. The Labute approximate surface area is 165 Å². The van der Waals surface area contributed by atoms with Gasteiger partial charge in [0, 0.05) is 23.1 Å². The predicted octanol–water partition coefficient (Wildman–Crippen LogP) is 3.42. The molecule has 0 fully saturated rings. The van der Waals surface area contributed by atoms with E-state index in [9.17, 15) is 29.0 Å². The fourth-order valence-corrected chi connectivity index (χ4v) is 4.08. The first-order chi connectivity index (χ1) is 13.7. The first kappa shape index (κ1) is 18.9. The number of carbonyl (C=O) groups excluding carboxylic acids is 1. The van der Waals surface area contributed by atoms with Crippen LogP contribution in [0.25, 0.3) is 10.9 Å². The zero-order valence-corrected chi connectivity index (χ0v) is 15.6. The number of fused-ring (bicyclic) bond motifs is 3. The van der Waals surface area contributed by atoms with Gasteiger partial charge in [0.15, 0.2) is 5.41 Å². The van der Waals surface area contributed by atoms with Crippen LogP contribution in [0, 0.1) is 18.2 Å². The molecule has 0 spiro atoms. The normalized spacial score (nSPS) is 15.1. The summed E-state index contributed by atoms with van der Waals surface area (Å²) in [6.45, 7) is 1.90. The minimum Gasteiger partial charge on any atom is -0.480 e. The van der Waals surface area contributed by atoms with Crippen molar-refractivity contribution in [2.75, 3.05) is 0 Å². The molecule has 0 atom stereocenters. The molecule has 4 rings (SSSR count). The molecule has 0 saturated carbocycles. The molecule has 148 valence electrons. The van der Waals surface area contributed by atoms with Crippen molar-refractivity contribution in [3.63, 3.8) is 0 Å². The Morgan fingerprint density at radius 1 is 1.03 bits per heavy atom. The van der Waals surface area contributed by atoms with Crippen LogP contribution in [0.5, 0.6) is 0 Å². The highest BCUT2D eigenvalue weighted by Crippen LogP contribution is 2.41. The number of benzene rings is 2. The third-order valence-electron chi connectivity index (χ3n) is 5.73. The number of carbonyl (C=O) groups is 3. The molecule has 1 heterocycles. The van der Waals surface area contributed by atoms with E-state index in [2.05, 4.69) is 0 Å². The molecule has 29 heavy (non-hydrogen) atoms. The number of hydrogen-bond acceptors (Lipinski definition) is 3. The Morgan fingerprint density at radius 3 is 2.31 bits per heavy atom. The molecule has 1 aliphatic rings. The number of carboxylic acid groups (broad SMARTS) is 2. The summed E-state index contributed by atoms with van der Waals surface area (Å²) in [4.78, 5) is 36.8. The summed E-state index contributed by atoms with van der Waals surface area (Å²) >= 11 is 0. The van der Waals surface area contributed by atoms with Gasteiger partial charge in [0.2, 0.25) is 0 Å². The molecular formula is C22H18FNO5. The number of carboxylic acids is 2. The summed E-state index contributed by atoms with van der Waals surface area (Å²) in [5.74, 6) is -3.72. The smallest absolute Gasteiger partial charge is 0.321 e. The van der Waals surface area contributed by atoms with E-state index >= 15 is 0 Å². The van der Waals surface area contributed by atoms with Gasteiger partial charge in [-0.15, -0.1) is 0 Å². The molecule has 7 heteroatoms. The van der Waals surface area contributed by atoms with Gasteiger partial charge in [-0.1, -0.05) is 17.7 Å². The van der Waals surface area contributed by atoms with Gasteiger partial charge in [0.05, 0.1) is 5.52 Å². The number of nitrogens with zero attached hydrogens (tertiary/aromatic N) is 1. The minimum atomic E-state index is -1.99. The Hall–Kier alpha value is -3.48. The van der Waals surface area contributed by atoms with Crippen molar-refractivity contribution in [2.24, 2.45) is 5.41 Å². The molecule has 1 aromatic heterocycles. The molecule has 1 aliphatic carbocycles. The van der Waals surface area contributed by atoms with E-state index < -0.39 is 23.2 Å². The fraction of sp³-hybridized carbons (Fsp3) is 0.227. The van der Waals surface area contributed by atoms with E-state index in [1.165, 1.54) is 22.8 Å². The van der Waals surface area contributed by atoms with Gasteiger partial charge in [-0.25, -0.2) is 4.39 Å². The second-order valence-corrected chi connectivity index (χ2v) is 7.46. The lowest BCUT2D eigenvalue weighted by molar-refractivity contribution is -0.165. The van der Waals surface area contributed by atoms with Crippen molar-refractivity contribution in [3.05, 3.63) is 70.7 Å². The first-order valence-corrected chi connectivity index (χ1v) is 9.14. The van der Waals surface area contributed by atoms with Crippen LogP contribution in [0.2, 0.25) is 0 Å². The number of aryl methyl sites for hydroxylation is 1. The molecule has 0 aliphatic heterocycles. The standard InChI is InChI=1S/C22H18FNO5/c1-12-2-4-13(5-3-12)19(25)24-17-7-6-14(23)10-15(17)16-11-22(20(26)27,21(28)29)9-8-18(16)24/h2-7,10H,8-9,11H2,1H3,(H,26,27)(H,28,29). The second-order valence-electron chi connectivity index (χ2n) is 7.46. The number of hydrogen-bond donors (Lipinski definition) is 2. The van der Waals surface area contributed by atoms with Gasteiger partial charge in [0.25, 0.3) is 5.91 Å². The van der Waals surface area contributed by atoms with Gasteiger partial charge in [-0.05, 0) is 55.7 Å². The summed E-state index contributed by atoms with van der Waals surface area (Å²) < 4.78 is 15.4. The molecule has 0 radical (unpaired) electrons. The van der Waals surface area contributed by atoms with Crippen molar-refractivity contribution < 1.29 is 29.0 Å². The first-order valence-electron chi connectivity index (χ1n) is 9.14. The molecule has 0 bridgehead atoms. The van der Waals surface area contributed by atoms with Gasteiger partial charge >= 0.3 is 11.9 Å². The van der Waals surface area contributed by atoms with Crippen LogP contribution < -0.4 is 0 Å². The predicted molar refractivity (Wildman–Crippen MR) is 103 cm³/mol. The van der Waals surface area contributed by atoms with Crippen LogP contribution in [0.3, 0.4) is 0 Å². The second kappa shape index (κ2) is 6.55. The third-order valence-corrected chi connectivity index (χ3v) is 5.73. The van der Waals surface area contributed by atoms with Crippen molar-refractivity contribution >= 4 is 28.7 Å². The van der Waals surface area contributed by atoms with Gasteiger partial charge in [-0.3, -0.25) is 19.0 Å². The summed E-state index contributed by atoms with van der Waals surface area (Å²) in [6, 6.07) is 10.9. The summed E-state index contributed by atoms with van der Waals surface area (Å²) in [5, 5.41) is 19.6. The lowest BCUT2D eigenvalue weighted by Gasteiger charge is -2.29. The molecule has 2 aromatic carbocycles. The van der Waals surface area contributed by atoms with Crippen molar-refractivity contribution in [1.82, 2.24) is 4.57 Å². The number of aromatic nitrogens is 1. The quantitative estimate of drug-likeness (QED) is 0.663. The lowest BCUT2D eigenvalue weighted by Crippen LogP contribution is -2.44. The highest BCUT2D eigenvalue weighted by molar-refractivity contribution is 6.05. The fourth-order valence-electron chi connectivity index (χ4n) is 4.08. The minimum absolute atomic E-state index is 0.0852. The highest BCUT2D eigenvalue weighted by atomic mass is 19.1. The SMILES string of the molecule is Cc1ccc(C(=O)n2c3c(c4cc(F)ccc42)CC(C(=O)O)(C(=O)O)CC3)cc1. The maximum atomic E-state index is 14.0. The van der Waals surface area contributed by atoms with Crippen LogP contribution in [0.15, 0.2) is 42.5 Å². The van der Waals surface area contributed by atoms with Crippen LogP contribution >= 0.6 is 0 Å². The van der Waals surface area contributed by atoms with Crippen LogP contribution in [-0.4, -0.2) is 32.6 Å². The van der Waals surface area contributed by atoms with Crippen molar-refractivity contribution in [3.8, 4) is 0 Å². The Balaban J connectivity index is 1.95. The highest BCUT2D eigenvalue weighted by Gasteiger charge is 2.50. The van der Waals surface area contributed by atoms with Crippen LogP contribution in [-0.2, 0) is 22.4 Å². The van der Waals surface area contributed by atoms with Gasteiger partial charge in [-0.2, -0.15) is 0 Å². The summed E-state index contributed by atoms with van der Waals surface area (Å²) in [5.41, 5.74) is 0.813. The molecule has 3 aromatic rings. The van der Waals surface area contributed by atoms with Crippen LogP contribution in [0.1, 0.15) is 33.6 Å². The molecule has 2 N–H and O–H groups in total. The van der Waals surface area contributed by atoms with Crippen molar-refractivity contribution in [2.45, 2.75) is 26.2 Å². The average Bonchev–Trinajstić information content (AvgIpc) is 3.00. The number of aliphatic carboxylic acids is 2. The number of halogens is 1. The number of rotatable bonds is 3. The molecular weight excluding hydrogens is 377 g/mol. The van der Waals surface area contributed by atoms with E-state index in [-0.39, 0.29) is 25.2 Å². The largest absolute Gasteiger partial charge is 0.480 e. The Bertz CT molecular complexity index is 1160. The van der Waals surface area contributed by atoms with E-state index in [1.54, 1.807) is 12.1 Å². The van der Waals surface area contributed by atoms with Crippen LogP contribution in [0.4, 0.5) is 4.39 Å². The third kappa shape index (κ3) is 2.81. The zero-order chi connectivity index (χ0) is 20.9. The molecule has 0 amide bonds. The van der Waals surface area contributed by atoms with E-state index in [4.69, 9.17) is 0 Å². The van der Waals surface area contributed by atoms with E-state index in [1.807, 2.05) is 19.1 Å². The topological polar surface area (TPSA) is 96.6 Å². The Morgan fingerprint density at radius 2 is 1.69 bits per heavy atom. The summed E-state index contributed by atoms with van der Waals surface area (Å²) in [7, 11) is 0. The van der Waals surface area contributed by atoms with E-state index in [0.717, 1.165) is 5.56 Å². The van der Waals surface area contributed by atoms with Gasteiger partial charge in [0.1, 0.15) is 5.82 Å². The maximum absolute atomic E-state index is 14.0. The molecule has 6 nitrogen and oxygen atoms in total. The lowest BCUT2D eigenvalue weighted by atomic mass is 9.72.